The van der Waals surface area contributed by atoms with Crippen LogP contribution >= 0.6 is 0 Å². The molecule has 1 rings (SSSR count). The highest BCUT2D eigenvalue weighted by Crippen LogP contribution is 2.17. The summed E-state index contributed by atoms with van der Waals surface area (Å²) in [6.45, 7) is 9.54. The molecule has 0 radical (unpaired) electrons. The first-order chi connectivity index (χ1) is 6.79. The minimum Gasteiger partial charge on any atom is -0.310 e. The van der Waals surface area contributed by atoms with Crippen molar-refractivity contribution in [3.8, 4) is 0 Å². The summed E-state index contributed by atoms with van der Waals surface area (Å²) in [5, 5.41) is 2.81. The van der Waals surface area contributed by atoms with Crippen LogP contribution in [0.25, 0.3) is 0 Å². The molecule has 0 aliphatic rings. The van der Waals surface area contributed by atoms with Gasteiger partial charge in [0.25, 0.3) is 0 Å². The van der Waals surface area contributed by atoms with Gasteiger partial charge in [0.1, 0.15) is 5.82 Å². The summed E-state index contributed by atoms with van der Waals surface area (Å²) in [6, 6.07) is 3.85. The minimum absolute atomic E-state index is 0.0139. The van der Waals surface area contributed by atoms with Crippen LogP contribution < -0.4 is 5.32 Å². The molecular weight excluding hydrogens is 188 g/mol. The van der Waals surface area contributed by atoms with Crippen LogP contribution in [0.1, 0.15) is 32.0 Å². The van der Waals surface area contributed by atoms with Crippen molar-refractivity contribution in [3.63, 3.8) is 0 Å². The lowest BCUT2D eigenvalue weighted by Crippen LogP contribution is -2.28. The summed E-state index contributed by atoms with van der Waals surface area (Å²) in [6.07, 6.45) is 0. The zero-order valence-electron chi connectivity index (χ0n) is 10.0. The lowest BCUT2D eigenvalue weighted by molar-refractivity contribution is -0.123. The monoisotopic (exact) mass is 206 g/mol. The van der Waals surface area contributed by atoms with E-state index in [9.17, 15) is 4.79 Å². The van der Waals surface area contributed by atoms with Crippen LogP contribution in [0.5, 0.6) is 0 Å². The fraction of sp³-hybridized carbons (Fsp3) is 0.500. The summed E-state index contributed by atoms with van der Waals surface area (Å²) >= 11 is 0. The van der Waals surface area contributed by atoms with Crippen molar-refractivity contribution in [2.45, 2.75) is 34.6 Å². The molecular formula is C12H18N2O. The number of aryl methyl sites for hydroxylation is 2. The van der Waals surface area contributed by atoms with Gasteiger partial charge in [-0.15, -0.1) is 0 Å². The maximum absolute atomic E-state index is 11.7. The van der Waals surface area contributed by atoms with E-state index in [1.165, 1.54) is 0 Å². The van der Waals surface area contributed by atoms with Gasteiger partial charge in [0, 0.05) is 11.1 Å². The van der Waals surface area contributed by atoms with Gasteiger partial charge < -0.3 is 5.32 Å². The Morgan fingerprint density at radius 3 is 2.33 bits per heavy atom. The highest BCUT2D eigenvalue weighted by atomic mass is 16.2. The van der Waals surface area contributed by atoms with Crippen LogP contribution in [0.3, 0.4) is 0 Å². The molecule has 0 saturated heterocycles. The van der Waals surface area contributed by atoms with Crippen LogP contribution in [0.4, 0.5) is 5.82 Å². The number of carbonyl (C=O) groups is 1. The number of nitrogens with zero attached hydrogens (tertiary/aromatic N) is 1. The number of pyridine rings is 1. The minimum atomic E-state index is -0.390. The van der Waals surface area contributed by atoms with Crippen LogP contribution in [-0.4, -0.2) is 10.9 Å². The van der Waals surface area contributed by atoms with Gasteiger partial charge in [-0.3, -0.25) is 4.79 Å². The Bertz CT molecular complexity index is 357. The molecule has 0 unspecified atom stereocenters. The molecule has 0 bridgehead atoms. The molecule has 0 spiro atoms. The smallest absolute Gasteiger partial charge is 0.230 e. The van der Waals surface area contributed by atoms with Crippen molar-refractivity contribution in [2.75, 3.05) is 5.32 Å². The largest absolute Gasteiger partial charge is 0.310 e. The van der Waals surface area contributed by atoms with Crippen LogP contribution in [-0.2, 0) is 4.79 Å². The Hall–Kier alpha value is -1.38. The average Bonchev–Trinajstić information content (AvgIpc) is 1.99. The Morgan fingerprint density at radius 2 is 1.87 bits per heavy atom. The van der Waals surface area contributed by atoms with Crippen molar-refractivity contribution in [3.05, 3.63) is 23.4 Å². The van der Waals surface area contributed by atoms with Gasteiger partial charge in [-0.25, -0.2) is 4.98 Å². The molecule has 0 fully saturated rings. The molecule has 1 amide bonds. The third-order valence-corrected chi connectivity index (χ3v) is 2.02. The summed E-state index contributed by atoms with van der Waals surface area (Å²) in [4.78, 5) is 16.0. The van der Waals surface area contributed by atoms with E-state index < -0.39 is 0 Å². The third-order valence-electron chi connectivity index (χ3n) is 2.02. The van der Waals surface area contributed by atoms with E-state index in [0.717, 1.165) is 11.3 Å². The van der Waals surface area contributed by atoms with Gasteiger partial charge in [0.05, 0.1) is 0 Å². The normalized spacial score (nSPS) is 11.3. The number of hydrogen-bond donors (Lipinski definition) is 1. The van der Waals surface area contributed by atoms with Crippen LogP contribution in [0.15, 0.2) is 12.1 Å². The van der Waals surface area contributed by atoms with Crippen molar-refractivity contribution in [1.29, 1.82) is 0 Å². The molecule has 3 heteroatoms. The lowest BCUT2D eigenvalue weighted by atomic mass is 9.96. The van der Waals surface area contributed by atoms with Gasteiger partial charge in [-0.1, -0.05) is 20.8 Å². The fourth-order valence-electron chi connectivity index (χ4n) is 1.21. The second-order valence-electron chi connectivity index (χ2n) is 4.88. The molecule has 1 aromatic heterocycles. The number of anilines is 1. The number of nitrogens with one attached hydrogen (secondary N) is 1. The number of aromatic nitrogens is 1. The highest BCUT2D eigenvalue weighted by Gasteiger charge is 2.21. The van der Waals surface area contributed by atoms with Crippen molar-refractivity contribution >= 4 is 11.7 Å². The van der Waals surface area contributed by atoms with E-state index in [1.807, 2.05) is 46.8 Å². The number of carbonyl (C=O) groups excluding carboxylic acids is 1. The Morgan fingerprint density at radius 1 is 1.27 bits per heavy atom. The number of hydrogen-bond acceptors (Lipinski definition) is 2. The van der Waals surface area contributed by atoms with E-state index in [4.69, 9.17) is 0 Å². The Balaban J connectivity index is 2.86. The molecule has 0 saturated carbocycles. The van der Waals surface area contributed by atoms with Gasteiger partial charge >= 0.3 is 0 Å². The maximum Gasteiger partial charge on any atom is 0.230 e. The van der Waals surface area contributed by atoms with E-state index in [0.29, 0.717) is 5.82 Å². The van der Waals surface area contributed by atoms with Crippen LogP contribution in [0, 0.1) is 19.3 Å². The van der Waals surface area contributed by atoms with Gasteiger partial charge in [-0.05, 0) is 31.5 Å². The molecule has 1 aromatic rings. The zero-order valence-corrected chi connectivity index (χ0v) is 10.0. The topological polar surface area (TPSA) is 42.0 Å². The average molecular weight is 206 g/mol. The van der Waals surface area contributed by atoms with Gasteiger partial charge in [0.2, 0.25) is 5.91 Å². The SMILES string of the molecule is Cc1cc(C)nc(NC(=O)C(C)(C)C)c1. The zero-order chi connectivity index (χ0) is 11.6. The standard InChI is InChI=1S/C12H18N2O/c1-8-6-9(2)13-10(7-8)14-11(15)12(3,4)5/h6-7H,1-5H3,(H,13,14,15). The lowest BCUT2D eigenvalue weighted by Gasteiger charge is -2.17. The molecule has 15 heavy (non-hydrogen) atoms. The number of amides is 1. The molecule has 1 N–H and O–H groups in total. The molecule has 82 valence electrons. The van der Waals surface area contributed by atoms with Crippen molar-refractivity contribution in [2.24, 2.45) is 5.41 Å². The van der Waals surface area contributed by atoms with Gasteiger partial charge in [0.15, 0.2) is 0 Å². The summed E-state index contributed by atoms with van der Waals surface area (Å²) < 4.78 is 0. The predicted molar refractivity (Wildman–Crippen MR) is 61.8 cm³/mol. The molecule has 0 atom stereocenters. The second-order valence-corrected chi connectivity index (χ2v) is 4.88. The van der Waals surface area contributed by atoms with Crippen LogP contribution in [0.2, 0.25) is 0 Å². The first-order valence-electron chi connectivity index (χ1n) is 5.06. The highest BCUT2D eigenvalue weighted by molar-refractivity contribution is 5.93. The summed E-state index contributed by atoms with van der Waals surface area (Å²) in [5.74, 6) is 0.618. The summed E-state index contributed by atoms with van der Waals surface area (Å²) in [5.41, 5.74) is 1.63. The van der Waals surface area contributed by atoms with E-state index in [2.05, 4.69) is 10.3 Å². The third kappa shape index (κ3) is 3.35. The first-order valence-corrected chi connectivity index (χ1v) is 5.06. The molecule has 0 aromatic carbocycles. The molecule has 0 aliphatic heterocycles. The second kappa shape index (κ2) is 4.01. The van der Waals surface area contributed by atoms with Crippen molar-refractivity contribution < 1.29 is 4.79 Å². The molecule has 1 heterocycles. The van der Waals surface area contributed by atoms with E-state index >= 15 is 0 Å². The quantitative estimate of drug-likeness (QED) is 0.767. The maximum atomic E-state index is 11.7. The van der Waals surface area contributed by atoms with Gasteiger partial charge in [-0.2, -0.15) is 0 Å². The fourth-order valence-corrected chi connectivity index (χ4v) is 1.21. The Labute approximate surface area is 90.9 Å². The van der Waals surface area contributed by atoms with E-state index in [-0.39, 0.29) is 11.3 Å². The molecule has 0 aliphatic carbocycles. The molecule has 3 nitrogen and oxygen atoms in total. The first kappa shape index (κ1) is 11.7. The number of rotatable bonds is 1. The van der Waals surface area contributed by atoms with E-state index in [1.54, 1.807) is 0 Å². The van der Waals surface area contributed by atoms with Crippen molar-refractivity contribution in [1.82, 2.24) is 4.98 Å². The Kier molecular flexibility index (Phi) is 3.12. The predicted octanol–water partition coefficient (Wildman–Crippen LogP) is 2.68. The summed E-state index contributed by atoms with van der Waals surface area (Å²) in [7, 11) is 0.